The Morgan fingerprint density at radius 1 is 1.50 bits per heavy atom. The maximum Gasteiger partial charge on any atom is 0.117 e. The summed E-state index contributed by atoms with van der Waals surface area (Å²) in [5.41, 5.74) is 0. The van der Waals surface area contributed by atoms with E-state index in [9.17, 15) is 0 Å². The first-order chi connectivity index (χ1) is 7.86. The van der Waals surface area contributed by atoms with E-state index in [2.05, 4.69) is 22.5 Å². The molecular weight excluding hydrogens is 202 g/mol. The van der Waals surface area contributed by atoms with Gasteiger partial charge in [-0.2, -0.15) is 0 Å². The molecule has 1 aliphatic heterocycles. The number of nitrogens with one attached hydrogen (secondary N) is 2. The maximum atomic E-state index is 5.27. The average molecular weight is 223 g/mol. The molecule has 2 rings (SSSR count). The summed E-state index contributed by atoms with van der Waals surface area (Å²) < 4.78 is 5.27. The van der Waals surface area contributed by atoms with Gasteiger partial charge in [0.25, 0.3) is 0 Å². The van der Waals surface area contributed by atoms with Gasteiger partial charge in [0, 0.05) is 38.8 Å². The van der Waals surface area contributed by atoms with E-state index in [0.717, 1.165) is 45.0 Å². The van der Waals surface area contributed by atoms with Crippen LogP contribution < -0.4 is 10.6 Å². The lowest BCUT2D eigenvalue weighted by atomic mass is 10.2. The summed E-state index contributed by atoms with van der Waals surface area (Å²) >= 11 is 0. The van der Waals surface area contributed by atoms with Gasteiger partial charge < -0.3 is 15.1 Å². The first-order valence-corrected chi connectivity index (χ1v) is 6.04. The molecule has 0 radical (unpaired) electrons. The molecule has 1 unspecified atom stereocenters. The summed E-state index contributed by atoms with van der Waals surface area (Å²) in [6, 6.07) is 4.52. The van der Waals surface area contributed by atoms with Gasteiger partial charge in [0.05, 0.1) is 12.8 Å². The largest absolute Gasteiger partial charge is 0.468 e. The molecule has 1 aliphatic rings. The molecule has 1 aromatic heterocycles. The summed E-state index contributed by atoms with van der Waals surface area (Å²) in [5, 5.41) is 6.80. The predicted octanol–water partition coefficient (Wildman–Crippen LogP) is 0.663. The molecule has 4 heteroatoms. The minimum absolute atomic E-state index is 0.595. The third-order valence-electron chi connectivity index (χ3n) is 3.09. The van der Waals surface area contributed by atoms with Gasteiger partial charge in [-0.25, -0.2) is 0 Å². The van der Waals surface area contributed by atoms with E-state index in [4.69, 9.17) is 4.42 Å². The summed E-state index contributed by atoms with van der Waals surface area (Å²) in [4.78, 5) is 2.52. The van der Waals surface area contributed by atoms with Gasteiger partial charge in [0.15, 0.2) is 0 Å². The fourth-order valence-corrected chi connectivity index (χ4v) is 2.07. The highest BCUT2D eigenvalue weighted by Crippen LogP contribution is 2.02. The number of hydrogen-bond acceptors (Lipinski definition) is 4. The Hall–Kier alpha value is -0.840. The number of hydrogen-bond donors (Lipinski definition) is 2. The van der Waals surface area contributed by atoms with E-state index in [1.54, 1.807) is 6.26 Å². The zero-order valence-electron chi connectivity index (χ0n) is 9.91. The molecule has 90 valence electrons. The Morgan fingerprint density at radius 3 is 3.00 bits per heavy atom. The standard InChI is InChI=1S/C12H21N3O/c1-11(15-6-4-13-5-7-15)9-14-10-12-3-2-8-16-12/h2-3,8,11,13-14H,4-7,9-10H2,1H3. The Morgan fingerprint density at radius 2 is 2.31 bits per heavy atom. The average Bonchev–Trinajstić information content (AvgIpc) is 2.83. The Kier molecular flexibility index (Phi) is 4.39. The number of rotatable bonds is 5. The molecule has 1 aromatic rings. The van der Waals surface area contributed by atoms with E-state index in [0.29, 0.717) is 6.04 Å². The van der Waals surface area contributed by atoms with Crippen LogP contribution in [0.2, 0.25) is 0 Å². The van der Waals surface area contributed by atoms with Crippen molar-refractivity contribution < 1.29 is 4.42 Å². The van der Waals surface area contributed by atoms with E-state index in [1.807, 2.05) is 12.1 Å². The van der Waals surface area contributed by atoms with Crippen LogP contribution in [0.25, 0.3) is 0 Å². The van der Waals surface area contributed by atoms with Crippen LogP contribution >= 0.6 is 0 Å². The Bertz CT molecular complexity index is 280. The second kappa shape index (κ2) is 6.03. The molecule has 0 spiro atoms. The fraction of sp³-hybridized carbons (Fsp3) is 0.667. The normalized spacial score (nSPS) is 19.8. The predicted molar refractivity (Wildman–Crippen MR) is 64.3 cm³/mol. The van der Waals surface area contributed by atoms with Crippen molar-refractivity contribution in [1.29, 1.82) is 0 Å². The molecule has 2 heterocycles. The van der Waals surface area contributed by atoms with Crippen LogP contribution in [-0.4, -0.2) is 43.7 Å². The first-order valence-electron chi connectivity index (χ1n) is 6.04. The number of furan rings is 1. The van der Waals surface area contributed by atoms with Crippen LogP contribution in [0.15, 0.2) is 22.8 Å². The number of nitrogens with zero attached hydrogens (tertiary/aromatic N) is 1. The summed E-state index contributed by atoms with van der Waals surface area (Å²) in [6.45, 7) is 8.66. The van der Waals surface area contributed by atoms with E-state index in [1.165, 1.54) is 0 Å². The topological polar surface area (TPSA) is 40.4 Å². The van der Waals surface area contributed by atoms with Crippen molar-refractivity contribution >= 4 is 0 Å². The van der Waals surface area contributed by atoms with Crippen LogP contribution in [-0.2, 0) is 6.54 Å². The molecule has 1 fully saturated rings. The molecular formula is C12H21N3O. The third kappa shape index (κ3) is 3.33. The fourth-order valence-electron chi connectivity index (χ4n) is 2.07. The first kappa shape index (κ1) is 11.6. The molecule has 16 heavy (non-hydrogen) atoms. The van der Waals surface area contributed by atoms with E-state index >= 15 is 0 Å². The van der Waals surface area contributed by atoms with Gasteiger partial charge in [0.2, 0.25) is 0 Å². The van der Waals surface area contributed by atoms with Gasteiger partial charge >= 0.3 is 0 Å². The molecule has 0 saturated carbocycles. The Balaban J connectivity index is 1.65. The van der Waals surface area contributed by atoms with E-state index < -0.39 is 0 Å². The molecule has 0 amide bonds. The van der Waals surface area contributed by atoms with Crippen LogP contribution in [0.4, 0.5) is 0 Å². The second-order valence-electron chi connectivity index (χ2n) is 4.35. The molecule has 1 saturated heterocycles. The third-order valence-corrected chi connectivity index (χ3v) is 3.09. The van der Waals surface area contributed by atoms with Crippen molar-refractivity contribution in [2.75, 3.05) is 32.7 Å². The second-order valence-corrected chi connectivity index (χ2v) is 4.35. The van der Waals surface area contributed by atoms with Crippen LogP contribution in [0.3, 0.4) is 0 Å². The molecule has 0 aliphatic carbocycles. The molecule has 0 aromatic carbocycles. The van der Waals surface area contributed by atoms with Gasteiger partial charge in [-0.05, 0) is 19.1 Å². The minimum atomic E-state index is 0.595. The maximum absolute atomic E-state index is 5.27. The van der Waals surface area contributed by atoms with E-state index in [-0.39, 0.29) is 0 Å². The van der Waals surface area contributed by atoms with Crippen LogP contribution in [0.1, 0.15) is 12.7 Å². The molecule has 1 atom stereocenters. The van der Waals surface area contributed by atoms with Crippen molar-refractivity contribution in [1.82, 2.24) is 15.5 Å². The van der Waals surface area contributed by atoms with Crippen molar-refractivity contribution in [2.24, 2.45) is 0 Å². The number of piperazine rings is 1. The van der Waals surface area contributed by atoms with Crippen molar-refractivity contribution in [2.45, 2.75) is 19.5 Å². The van der Waals surface area contributed by atoms with Crippen molar-refractivity contribution in [3.05, 3.63) is 24.2 Å². The highest BCUT2D eigenvalue weighted by atomic mass is 16.3. The summed E-state index contributed by atoms with van der Waals surface area (Å²) in [5.74, 6) is 1.01. The lowest BCUT2D eigenvalue weighted by Crippen LogP contribution is -2.50. The highest BCUT2D eigenvalue weighted by molar-refractivity contribution is 4.97. The van der Waals surface area contributed by atoms with Crippen molar-refractivity contribution in [3.63, 3.8) is 0 Å². The van der Waals surface area contributed by atoms with Gasteiger partial charge in [-0.1, -0.05) is 0 Å². The SMILES string of the molecule is CC(CNCc1ccco1)N1CCNCC1. The lowest BCUT2D eigenvalue weighted by Gasteiger charge is -2.32. The zero-order chi connectivity index (χ0) is 11.2. The van der Waals surface area contributed by atoms with Gasteiger partial charge in [-0.15, -0.1) is 0 Å². The molecule has 0 bridgehead atoms. The van der Waals surface area contributed by atoms with Crippen LogP contribution in [0, 0.1) is 0 Å². The summed E-state index contributed by atoms with van der Waals surface area (Å²) in [6.07, 6.45) is 1.72. The van der Waals surface area contributed by atoms with Gasteiger partial charge in [0.1, 0.15) is 5.76 Å². The molecule has 2 N–H and O–H groups in total. The highest BCUT2D eigenvalue weighted by Gasteiger charge is 2.15. The minimum Gasteiger partial charge on any atom is -0.468 e. The van der Waals surface area contributed by atoms with Gasteiger partial charge in [-0.3, -0.25) is 4.90 Å². The lowest BCUT2D eigenvalue weighted by molar-refractivity contribution is 0.180. The smallest absolute Gasteiger partial charge is 0.117 e. The molecule has 4 nitrogen and oxygen atoms in total. The van der Waals surface area contributed by atoms with Crippen molar-refractivity contribution in [3.8, 4) is 0 Å². The van der Waals surface area contributed by atoms with Crippen LogP contribution in [0.5, 0.6) is 0 Å². The quantitative estimate of drug-likeness (QED) is 0.769. The zero-order valence-corrected chi connectivity index (χ0v) is 9.91. The monoisotopic (exact) mass is 223 g/mol. The Labute approximate surface area is 97.0 Å². The summed E-state index contributed by atoms with van der Waals surface area (Å²) in [7, 11) is 0.